The van der Waals surface area contributed by atoms with Crippen molar-refractivity contribution >= 4 is 40.9 Å². The van der Waals surface area contributed by atoms with E-state index in [-0.39, 0.29) is 76.3 Å². The summed E-state index contributed by atoms with van der Waals surface area (Å²) in [6, 6.07) is 11.7. The van der Waals surface area contributed by atoms with E-state index in [2.05, 4.69) is 0 Å². The topological polar surface area (TPSA) is 214 Å². The summed E-state index contributed by atoms with van der Waals surface area (Å²) in [4.78, 5) is 63.1. The van der Waals surface area contributed by atoms with Gasteiger partial charge in [-0.1, -0.05) is 24.3 Å². The van der Waals surface area contributed by atoms with Crippen molar-refractivity contribution in [2.24, 2.45) is 17.3 Å². The maximum Gasteiger partial charge on any atom is 1.00 e. The fourth-order valence-electron chi connectivity index (χ4n) is 6.78. The molecule has 0 radical (unpaired) electrons. The van der Waals surface area contributed by atoms with E-state index in [1.54, 1.807) is 52.0 Å². The zero-order valence-electron chi connectivity index (χ0n) is 29.2. The number of benzene rings is 2. The quantitative estimate of drug-likeness (QED) is 0.104. The molecule has 0 spiro atoms. The molecule has 0 aliphatic carbocycles. The van der Waals surface area contributed by atoms with Crippen LogP contribution in [0.1, 0.15) is 58.6 Å². The van der Waals surface area contributed by atoms with Crippen LogP contribution in [-0.2, 0) is 33.4 Å². The molecule has 4 N–H and O–H groups in total. The molecule has 266 valence electrons. The molecule has 14 nitrogen and oxygen atoms in total. The van der Waals surface area contributed by atoms with Gasteiger partial charge in [0.2, 0.25) is 18.6 Å². The molecule has 6 atom stereocenters. The SMILES string of the molecule is C[C@@H](O)[C@H]1C(=O)N2C(C(=O)OCOC(=O)C(C)(C)C)=C(c3ccc(O)cc3)C[C@H]12.C[C@@H](O)[C@H]1C(=O)N2C(C(=O)[O-])=C(c3ccc(O)cc3)C[C@H]12.[Na+]. The Morgan fingerprint density at radius 1 is 0.765 bits per heavy atom. The molecule has 2 fully saturated rings. The molecule has 2 amide bonds. The van der Waals surface area contributed by atoms with E-state index in [1.165, 1.54) is 41.0 Å². The number of aromatic hydroxyl groups is 2. The van der Waals surface area contributed by atoms with Gasteiger partial charge in [-0.15, -0.1) is 0 Å². The van der Waals surface area contributed by atoms with Crippen LogP contribution in [0.3, 0.4) is 0 Å². The summed E-state index contributed by atoms with van der Waals surface area (Å²) < 4.78 is 10.1. The second-order valence-corrected chi connectivity index (χ2v) is 13.8. The van der Waals surface area contributed by atoms with Crippen LogP contribution in [0.2, 0.25) is 0 Å². The Morgan fingerprint density at radius 2 is 1.16 bits per heavy atom. The summed E-state index contributed by atoms with van der Waals surface area (Å²) >= 11 is 0. The van der Waals surface area contributed by atoms with Gasteiger partial charge in [-0.3, -0.25) is 14.4 Å². The van der Waals surface area contributed by atoms with Crippen molar-refractivity contribution < 1.29 is 88.5 Å². The number of fused-ring (bicyclic) bond motifs is 2. The number of esters is 2. The first kappa shape index (κ1) is 39.6. The van der Waals surface area contributed by atoms with Gasteiger partial charge in [0.1, 0.15) is 17.2 Å². The molecular weight excluding hydrogens is 675 g/mol. The van der Waals surface area contributed by atoms with Crippen LogP contribution in [0.4, 0.5) is 0 Å². The van der Waals surface area contributed by atoms with Gasteiger partial charge < -0.3 is 49.6 Å². The largest absolute Gasteiger partial charge is 1.00 e. The summed E-state index contributed by atoms with van der Waals surface area (Å²) in [7, 11) is 0. The number of rotatable bonds is 8. The second-order valence-electron chi connectivity index (χ2n) is 13.8. The Hall–Kier alpha value is -4.21. The van der Waals surface area contributed by atoms with E-state index in [1.807, 2.05) is 0 Å². The van der Waals surface area contributed by atoms with Crippen LogP contribution in [-0.4, -0.2) is 91.0 Å². The van der Waals surface area contributed by atoms with Crippen molar-refractivity contribution in [3.63, 3.8) is 0 Å². The molecule has 2 aromatic carbocycles. The van der Waals surface area contributed by atoms with Crippen molar-refractivity contribution in [2.75, 3.05) is 6.79 Å². The number of phenols is 2. The van der Waals surface area contributed by atoms with E-state index < -0.39 is 54.2 Å². The van der Waals surface area contributed by atoms with Crippen molar-refractivity contribution in [2.45, 2.75) is 71.8 Å². The van der Waals surface area contributed by atoms with E-state index >= 15 is 0 Å². The standard InChI is InChI=1S/C21H25NO7.C15H15NO5.Na/c1-11(23)16-15-9-14(12-5-7-13(24)8-6-12)17(22(15)18(16)25)19(26)28-10-29-20(27)21(2,3)4;1-7(17)12-11-6-10(8-2-4-9(18)5-3-8)13(15(20)21)16(11)14(12)19;/h5-8,11,15-16,23-24H,9-10H2,1-4H3;2-5,7,11-12,17-18H,6H2,1H3,(H,20,21);/q;;+1/p-1/t11-,15-,16-;7-,11-,12-;/m11./s1. The predicted octanol–water partition coefficient (Wildman–Crippen LogP) is -1.73. The summed E-state index contributed by atoms with van der Waals surface area (Å²) in [6.07, 6.45) is -0.929. The summed E-state index contributed by atoms with van der Waals surface area (Å²) in [5.74, 6) is -4.45. The fraction of sp³-hybridized carbons (Fsp3) is 0.417. The minimum atomic E-state index is -1.40. The molecule has 4 heterocycles. The third-order valence-corrected chi connectivity index (χ3v) is 9.27. The number of hydrogen-bond acceptors (Lipinski definition) is 12. The number of hydrogen-bond donors (Lipinski definition) is 4. The number of β-lactam (4-membered cyclic amide) rings is 2. The van der Waals surface area contributed by atoms with E-state index in [0.29, 0.717) is 35.1 Å². The number of nitrogens with zero attached hydrogens (tertiary/aromatic N) is 2. The van der Waals surface area contributed by atoms with Gasteiger partial charge in [0.15, 0.2) is 0 Å². The van der Waals surface area contributed by atoms with Crippen LogP contribution in [0.5, 0.6) is 11.5 Å². The molecule has 0 unspecified atom stereocenters. The maximum atomic E-state index is 12.8. The Morgan fingerprint density at radius 3 is 1.53 bits per heavy atom. The molecule has 2 aromatic rings. The van der Waals surface area contributed by atoms with Crippen molar-refractivity contribution in [1.29, 1.82) is 0 Å². The number of ether oxygens (including phenoxy) is 2. The molecular formula is C36H39N2NaO12. The number of amides is 2. The molecule has 4 aliphatic heterocycles. The number of aliphatic hydroxyl groups is 2. The van der Waals surface area contributed by atoms with Crippen molar-refractivity contribution in [1.82, 2.24) is 9.80 Å². The van der Waals surface area contributed by atoms with Gasteiger partial charge in [0.25, 0.3) is 0 Å². The molecule has 51 heavy (non-hydrogen) atoms. The molecule has 2 saturated heterocycles. The van der Waals surface area contributed by atoms with Crippen molar-refractivity contribution in [3.8, 4) is 11.5 Å². The summed E-state index contributed by atoms with van der Waals surface area (Å²) in [6.45, 7) is 7.55. The Labute approximate surface area is 316 Å². The zero-order valence-corrected chi connectivity index (χ0v) is 31.2. The number of carbonyl (C=O) groups is 5. The van der Waals surface area contributed by atoms with E-state index in [4.69, 9.17) is 9.47 Å². The van der Waals surface area contributed by atoms with E-state index in [9.17, 15) is 49.5 Å². The van der Waals surface area contributed by atoms with Crippen LogP contribution >= 0.6 is 0 Å². The van der Waals surface area contributed by atoms with Gasteiger partial charge in [-0.25, -0.2) is 4.79 Å². The summed E-state index contributed by atoms with van der Waals surface area (Å²) in [5, 5.41) is 49.8. The Kier molecular flexibility index (Phi) is 11.8. The Balaban J connectivity index is 0.000000235. The fourth-order valence-corrected chi connectivity index (χ4v) is 6.78. The average Bonchev–Trinajstić information content (AvgIpc) is 3.55. The molecule has 6 rings (SSSR count). The van der Waals surface area contributed by atoms with Gasteiger partial charge in [-0.05, 0) is 94.0 Å². The number of phenolic OH excluding ortho intramolecular Hbond substituents is 2. The third-order valence-electron chi connectivity index (χ3n) is 9.27. The van der Waals surface area contributed by atoms with Crippen LogP contribution in [0.25, 0.3) is 11.1 Å². The minimum absolute atomic E-state index is 0. The molecule has 4 aliphatic rings. The maximum absolute atomic E-state index is 12.8. The van der Waals surface area contributed by atoms with Gasteiger partial charge in [0.05, 0.1) is 53.2 Å². The van der Waals surface area contributed by atoms with Gasteiger partial charge in [0, 0.05) is 0 Å². The second kappa shape index (κ2) is 15.2. The third kappa shape index (κ3) is 7.56. The number of carboxylic acids is 1. The minimum Gasteiger partial charge on any atom is -0.543 e. The molecule has 15 heteroatoms. The van der Waals surface area contributed by atoms with Gasteiger partial charge in [-0.2, -0.15) is 0 Å². The first-order valence-corrected chi connectivity index (χ1v) is 16.1. The average molecular weight is 715 g/mol. The normalized spacial score (nSPS) is 23.1. The Bertz CT molecular complexity index is 1780. The first-order chi connectivity index (χ1) is 23.4. The number of carboxylic acid groups (broad SMARTS) is 1. The van der Waals surface area contributed by atoms with E-state index in [0.717, 1.165) is 0 Å². The van der Waals surface area contributed by atoms with Gasteiger partial charge >= 0.3 is 41.5 Å². The predicted molar refractivity (Wildman–Crippen MR) is 172 cm³/mol. The van der Waals surface area contributed by atoms with Crippen LogP contribution in [0, 0.1) is 17.3 Å². The van der Waals surface area contributed by atoms with Crippen LogP contribution in [0.15, 0.2) is 59.9 Å². The molecule has 0 aromatic heterocycles. The van der Waals surface area contributed by atoms with Crippen LogP contribution < -0.4 is 34.7 Å². The smallest absolute Gasteiger partial charge is 0.543 e. The summed E-state index contributed by atoms with van der Waals surface area (Å²) in [5.41, 5.74) is 1.57. The number of aliphatic hydroxyl groups excluding tert-OH is 2. The van der Waals surface area contributed by atoms with Crippen molar-refractivity contribution in [3.05, 3.63) is 71.1 Å². The molecule has 0 saturated carbocycles. The molecule has 0 bridgehead atoms. The number of aliphatic carboxylic acids is 1. The number of carbonyl (C=O) groups excluding carboxylic acids is 5. The first-order valence-electron chi connectivity index (χ1n) is 16.1. The monoisotopic (exact) mass is 714 g/mol. The zero-order chi connectivity index (χ0) is 36.8.